The molecule has 2 fully saturated rings. The number of hydrogen-bond acceptors (Lipinski definition) is 3. The molecule has 0 radical (unpaired) electrons. The fraction of sp³-hybridized carbons (Fsp3) is 0.500. The van der Waals surface area contributed by atoms with E-state index >= 15 is 0 Å². The fourth-order valence-corrected chi connectivity index (χ4v) is 3.42. The van der Waals surface area contributed by atoms with Crippen molar-refractivity contribution in [1.29, 1.82) is 0 Å². The van der Waals surface area contributed by atoms with Crippen LogP contribution in [0.5, 0.6) is 0 Å². The molecule has 0 saturated carbocycles. The van der Waals surface area contributed by atoms with E-state index in [0.29, 0.717) is 19.6 Å². The average molecular weight is 341 g/mol. The van der Waals surface area contributed by atoms with E-state index < -0.39 is 0 Å². The first-order valence-corrected chi connectivity index (χ1v) is 9.16. The summed E-state index contributed by atoms with van der Waals surface area (Å²) in [5.74, 6) is 0.283. The Morgan fingerprint density at radius 2 is 1.64 bits per heavy atom. The Morgan fingerprint density at radius 3 is 2.32 bits per heavy atom. The van der Waals surface area contributed by atoms with E-state index in [1.807, 2.05) is 47.1 Å². The molecule has 0 aliphatic carbocycles. The molecule has 3 rings (SSSR count). The molecular formula is C20H27N3O2. The maximum Gasteiger partial charge on any atom is 0.246 e. The van der Waals surface area contributed by atoms with Crippen molar-refractivity contribution in [2.75, 3.05) is 45.8 Å². The van der Waals surface area contributed by atoms with Gasteiger partial charge in [0.1, 0.15) is 0 Å². The van der Waals surface area contributed by atoms with Crippen molar-refractivity contribution in [3.8, 4) is 0 Å². The van der Waals surface area contributed by atoms with Gasteiger partial charge in [0.05, 0.1) is 6.54 Å². The average Bonchev–Trinajstić information content (AvgIpc) is 3.16. The molecule has 5 nitrogen and oxygen atoms in total. The molecule has 0 spiro atoms. The highest BCUT2D eigenvalue weighted by Gasteiger charge is 2.24. The van der Waals surface area contributed by atoms with E-state index in [1.165, 1.54) is 0 Å². The first-order valence-electron chi connectivity index (χ1n) is 9.16. The zero-order chi connectivity index (χ0) is 17.6. The monoisotopic (exact) mass is 341 g/mol. The normalized spacial score (nSPS) is 18.9. The number of carbonyl (C=O) groups excluding carboxylic acids is 2. The maximum absolute atomic E-state index is 12.4. The Balaban J connectivity index is 1.46. The van der Waals surface area contributed by atoms with Crippen LogP contribution in [-0.2, 0) is 9.59 Å². The third kappa shape index (κ3) is 4.69. The van der Waals surface area contributed by atoms with Crippen LogP contribution in [0.4, 0.5) is 0 Å². The van der Waals surface area contributed by atoms with Crippen molar-refractivity contribution in [3.63, 3.8) is 0 Å². The molecule has 2 saturated heterocycles. The van der Waals surface area contributed by atoms with E-state index in [-0.39, 0.29) is 11.8 Å². The second-order valence-electron chi connectivity index (χ2n) is 6.88. The van der Waals surface area contributed by atoms with Crippen molar-refractivity contribution >= 4 is 17.9 Å². The first-order chi connectivity index (χ1) is 12.1. The molecule has 0 bridgehead atoms. The van der Waals surface area contributed by atoms with Crippen molar-refractivity contribution in [1.82, 2.24) is 14.7 Å². The standard InChI is InChI=1S/C20H27N3O2/c1-17-6-2-3-7-18(17)8-9-19(24)23-14-12-21(13-15-23)16-20(25)22-10-4-5-11-22/h2-3,6-9H,4-5,10-16H2,1H3. The number of likely N-dealkylation sites (tertiary alicyclic amines) is 1. The quantitative estimate of drug-likeness (QED) is 0.784. The van der Waals surface area contributed by atoms with Gasteiger partial charge in [-0.05, 0) is 37.0 Å². The highest BCUT2D eigenvalue weighted by Crippen LogP contribution is 2.11. The van der Waals surface area contributed by atoms with Crippen molar-refractivity contribution < 1.29 is 9.59 Å². The lowest BCUT2D eigenvalue weighted by molar-refractivity contribution is -0.132. The van der Waals surface area contributed by atoms with E-state index in [2.05, 4.69) is 4.90 Å². The number of aryl methyl sites for hydroxylation is 1. The molecule has 134 valence electrons. The molecule has 2 aliphatic heterocycles. The van der Waals surface area contributed by atoms with Crippen LogP contribution in [0.15, 0.2) is 30.3 Å². The number of hydrogen-bond donors (Lipinski definition) is 0. The van der Waals surface area contributed by atoms with E-state index in [9.17, 15) is 9.59 Å². The summed E-state index contributed by atoms with van der Waals surface area (Å²) in [7, 11) is 0. The number of amides is 2. The second kappa shape index (κ2) is 8.30. The van der Waals surface area contributed by atoms with Gasteiger partial charge >= 0.3 is 0 Å². The van der Waals surface area contributed by atoms with E-state index in [1.54, 1.807) is 6.08 Å². The molecule has 5 heteroatoms. The molecule has 2 amide bonds. The molecule has 0 N–H and O–H groups in total. The molecule has 2 aliphatic rings. The summed E-state index contributed by atoms with van der Waals surface area (Å²) in [4.78, 5) is 30.6. The molecule has 1 aromatic rings. The number of carbonyl (C=O) groups is 2. The minimum Gasteiger partial charge on any atom is -0.342 e. The zero-order valence-corrected chi connectivity index (χ0v) is 15.0. The Labute approximate surface area is 149 Å². The van der Waals surface area contributed by atoms with E-state index in [4.69, 9.17) is 0 Å². The smallest absolute Gasteiger partial charge is 0.246 e. The Hall–Kier alpha value is -2.14. The van der Waals surface area contributed by atoms with Gasteiger partial charge in [-0.1, -0.05) is 24.3 Å². The predicted octanol–water partition coefficient (Wildman–Crippen LogP) is 1.77. The van der Waals surface area contributed by atoms with Crippen LogP contribution >= 0.6 is 0 Å². The van der Waals surface area contributed by atoms with Gasteiger partial charge in [0, 0.05) is 45.3 Å². The lowest BCUT2D eigenvalue weighted by atomic mass is 10.1. The molecule has 0 unspecified atom stereocenters. The lowest BCUT2D eigenvalue weighted by Gasteiger charge is -2.34. The van der Waals surface area contributed by atoms with Gasteiger partial charge in [-0.2, -0.15) is 0 Å². The number of benzene rings is 1. The van der Waals surface area contributed by atoms with Gasteiger partial charge in [-0.15, -0.1) is 0 Å². The summed E-state index contributed by atoms with van der Waals surface area (Å²) < 4.78 is 0. The molecule has 1 aromatic carbocycles. The van der Waals surface area contributed by atoms with Crippen LogP contribution in [0, 0.1) is 6.92 Å². The Kier molecular flexibility index (Phi) is 5.87. The van der Waals surface area contributed by atoms with Gasteiger partial charge in [-0.3, -0.25) is 14.5 Å². The van der Waals surface area contributed by atoms with Gasteiger partial charge in [0.15, 0.2) is 0 Å². The number of nitrogens with zero attached hydrogens (tertiary/aromatic N) is 3. The van der Waals surface area contributed by atoms with Gasteiger partial charge in [-0.25, -0.2) is 0 Å². The minimum atomic E-state index is 0.0498. The summed E-state index contributed by atoms with van der Waals surface area (Å²) in [5, 5.41) is 0. The molecular weight excluding hydrogens is 314 g/mol. The topological polar surface area (TPSA) is 43.9 Å². The van der Waals surface area contributed by atoms with Crippen LogP contribution < -0.4 is 0 Å². The Morgan fingerprint density at radius 1 is 0.960 bits per heavy atom. The highest BCUT2D eigenvalue weighted by atomic mass is 16.2. The van der Waals surface area contributed by atoms with Crippen LogP contribution in [0.1, 0.15) is 24.0 Å². The molecule has 0 aromatic heterocycles. The minimum absolute atomic E-state index is 0.0498. The molecule has 25 heavy (non-hydrogen) atoms. The molecule has 2 heterocycles. The third-order valence-electron chi connectivity index (χ3n) is 5.10. The molecule has 0 atom stereocenters. The van der Waals surface area contributed by atoms with Crippen LogP contribution in [0.2, 0.25) is 0 Å². The predicted molar refractivity (Wildman–Crippen MR) is 99.0 cm³/mol. The van der Waals surface area contributed by atoms with Gasteiger partial charge < -0.3 is 9.80 Å². The summed E-state index contributed by atoms with van der Waals surface area (Å²) in [6.45, 7) is 7.24. The summed E-state index contributed by atoms with van der Waals surface area (Å²) in [6.07, 6.45) is 5.80. The second-order valence-corrected chi connectivity index (χ2v) is 6.88. The summed E-state index contributed by atoms with van der Waals surface area (Å²) in [5.41, 5.74) is 2.24. The van der Waals surface area contributed by atoms with Gasteiger partial charge in [0.25, 0.3) is 0 Å². The lowest BCUT2D eigenvalue weighted by Crippen LogP contribution is -2.51. The van der Waals surface area contributed by atoms with Gasteiger partial charge in [0.2, 0.25) is 11.8 Å². The SMILES string of the molecule is Cc1ccccc1C=CC(=O)N1CCN(CC(=O)N2CCCC2)CC1. The first kappa shape index (κ1) is 17.7. The number of rotatable bonds is 4. The zero-order valence-electron chi connectivity index (χ0n) is 15.0. The summed E-state index contributed by atoms with van der Waals surface area (Å²) >= 11 is 0. The Bertz CT molecular complexity index is 642. The van der Waals surface area contributed by atoms with Crippen LogP contribution in [0.3, 0.4) is 0 Å². The van der Waals surface area contributed by atoms with Crippen LogP contribution in [0.25, 0.3) is 6.08 Å². The van der Waals surface area contributed by atoms with Crippen molar-refractivity contribution in [2.24, 2.45) is 0 Å². The van der Waals surface area contributed by atoms with Crippen LogP contribution in [-0.4, -0.2) is 72.3 Å². The maximum atomic E-state index is 12.4. The summed E-state index contributed by atoms with van der Waals surface area (Å²) in [6, 6.07) is 8.03. The third-order valence-corrected chi connectivity index (χ3v) is 5.10. The highest BCUT2D eigenvalue weighted by molar-refractivity contribution is 5.92. The number of piperazine rings is 1. The van der Waals surface area contributed by atoms with Crippen molar-refractivity contribution in [3.05, 3.63) is 41.5 Å². The fourth-order valence-electron chi connectivity index (χ4n) is 3.42. The van der Waals surface area contributed by atoms with E-state index in [0.717, 1.165) is 50.1 Å². The largest absolute Gasteiger partial charge is 0.342 e. The van der Waals surface area contributed by atoms with Crippen molar-refractivity contribution in [2.45, 2.75) is 19.8 Å².